The molecule has 1 aromatic heterocycles. The zero-order valence-corrected chi connectivity index (χ0v) is 11.9. The summed E-state index contributed by atoms with van der Waals surface area (Å²) in [7, 11) is 2.52. The minimum absolute atomic E-state index is 0.398. The fourth-order valence-corrected chi connectivity index (χ4v) is 2.07. The third-order valence-corrected chi connectivity index (χ3v) is 3.61. The molecule has 0 radical (unpaired) electrons. The standard InChI is InChI=1S/C12H18N3OP/c1-7-8(2)10(4)12-11(9(7)3)13-15(14-12)5-16-6-17/h5-6,17H2,1-4H3. The minimum Gasteiger partial charge on any atom is -0.353 e. The molecule has 0 spiro atoms. The Labute approximate surface area is 104 Å². The molecule has 4 nitrogen and oxygen atoms in total. The second-order valence-electron chi connectivity index (χ2n) is 4.27. The van der Waals surface area contributed by atoms with Gasteiger partial charge < -0.3 is 4.74 Å². The highest BCUT2D eigenvalue weighted by molar-refractivity contribution is 7.16. The van der Waals surface area contributed by atoms with Gasteiger partial charge >= 0.3 is 0 Å². The zero-order chi connectivity index (χ0) is 12.6. The van der Waals surface area contributed by atoms with Crippen LogP contribution in [0.4, 0.5) is 0 Å². The van der Waals surface area contributed by atoms with Crippen LogP contribution in [0, 0.1) is 27.7 Å². The molecule has 1 atom stereocenters. The van der Waals surface area contributed by atoms with Gasteiger partial charge in [0.05, 0.1) is 6.35 Å². The normalized spacial score (nSPS) is 11.4. The van der Waals surface area contributed by atoms with Gasteiger partial charge in [0.1, 0.15) is 11.0 Å². The maximum absolute atomic E-state index is 5.29. The van der Waals surface area contributed by atoms with Crippen molar-refractivity contribution in [1.82, 2.24) is 15.0 Å². The summed E-state index contributed by atoms with van der Waals surface area (Å²) in [5.74, 6) is 0. The smallest absolute Gasteiger partial charge is 0.159 e. The van der Waals surface area contributed by atoms with Crippen molar-refractivity contribution in [1.29, 1.82) is 0 Å². The van der Waals surface area contributed by atoms with E-state index in [1.54, 1.807) is 4.80 Å². The van der Waals surface area contributed by atoms with E-state index in [0.29, 0.717) is 13.1 Å². The highest BCUT2D eigenvalue weighted by Crippen LogP contribution is 2.26. The van der Waals surface area contributed by atoms with Crippen LogP contribution in [0.5, 0.6) is 0 Å². The van der Waals surface area contributed by atoms with Crippen LogP contribution < -0.4 is 0 Å². The lowest BCUT2D eigenvalue weighted by molar-refractivity contribution is 0.0964. The molecule has 0 aliphatic heterocycles. The molecule has 17 heavy (non-hydrogen) atoms. The van der Waals surface area contributed by atoms with Gasteiger partial charge in [-0.15, -0.1) is 9.24 Å². The molecule has 1 heterocycles. The number of benzene rings is 1. The molecule has 2 aromatic rings. The molecule has 0 bridgehead atoms. The van der Waals surface area contributed by atoms with Gasteiger partial charge in [0.25, 0.3) is 0 Å². The third-order valence-electron chi connectivity index (χ3n) is 3.38. The number of hydrogen-bond acceptors (Lipinski definition) is 3. The van der Waals surface area contributed by atoms with Crippen LogP contribution in [0.3, 0.4) is 0 Å². The number of aryl methyl sites for hydroxylation is 2. The predicted octanol–water partition coefficient (Wildman–Crippen LogP) is 2.47. The van der Waals surface area contributed by atoms with Gasteiger partial charge in [-0.2, -0.15) is 15.0 Å². The van der Waals surface area contributed by atoms with Crippen molar-refractivity contribution in [3.8, 4) is 0 Å². The highest BCUT2D eigenvalue weighted by atomic mass is 31.0. The topological polar surface area (TPSA) is 39.9 Å². The molecule has 0 aliphatic carbocycles. The van der Waals surface area contributed by atoms with Crippen LogP contribution in [-0.4, -0.2) is 21.3 Å². The number of rotatable bonds is 3. The molecule has 0 saturated heterocycles. The first-order chi connectivity index (χ1) is 8.06. The summed E-state index contributed by atoms with van der Waals surface area (Å²) in [6.45, 7) is 8.86. The van der Waals surface area contributed by atoms with Crippen molar-refractivity contribution in [2.45, 2.75) is 34.4 Å². The Hall–Kier alpha value is -0.990. The molecule has 92 valence electrons. The molecule has 0 saturated carbocycles. The molecular formula is C12H18N3OP. The molecule has 0 N–H and O–H groups in total. The molecule has 0 fully saturated rings. The van der Waals surface area contributed by atoms with Crippen molar-refractivity contribution in [3.05, 3.63) is 22.3 Å². The Morgan fingerprint density at radius 3 is 1.82 bits per heavy atom. The average molecular weight is 251 g/mol. The zero-order valence-electron chi connectivity index (χ0n) is 10.7. The summed E-state index contributed by atoms with van der Waals surface area (Å²) < 4.78 is 5.29. The van der Waals surface area contributed by atoms with E-state index in [-0.39, 0.29) is 0 Å². The average Bonchev–Trinajstić information content (AvgIpc) is 2.75. The van der Waals surface area contributed by atoms with Crippen LogP contribution >= 0.6 is 9.24 Å². The Kier molecular flexibility index (Phi) is 3.45. The van der Waals surface area contributed by atoms with Gasteiger partial charge in [0.2, 0.25) is 0 Å². The lowest BCUT2D eigenvalue weighted by Gasteiger charge is -2.07. The molecule has 5 heteroatoms. The van der Waals surface area contributed by atoms with E-state index < -0.39 is 0 Å². The Balaban J connectivity index is 2.60. The number of ether oxygens (including phenoxy) is 1. The summed E-state index contributed by atoms with van der Waals surface area (Å²) in [4.78, 5) is 1.62. The first-order valence-electron chi connectivity index (χ1n) is 5.65. The monoisotopic (exact) mass is 251 g/mol. The molecule has 0 aliphatic rings. The number of nitrogens with zero attached hydrogens (tertiary/aromatic N) is 3. The van der Waals surface area contributed by atoms with Crippen molar-refractivity contribution < 1.29 is 4.74 Å². The molecule has 2 rings (SSSR count). The number of fused-ring (bicyclic) bond motifs is 1. The van der Waals surface area contributed by atoms with Gasteiger partial charge in [-0.05, 0) is 49.9 Å². The quantitative estimate of drug-likeness (QED) is 0.787. The fraction of sp³-hybridized carbons (Fsp3) is 0.500. The number of hydrogen-bond donors (Lipinski definition) is 0. The predicted molar refractivity (Wildman–Crippen MR) is 72.1 cm³/mol. The van der Waals surface area contributed by atoms with Crippen LogP contribution in [0.2, 0.25) is 0 Å². The highest BCUT2D eigenvalue weighted by Gasteiger charge is 2.13. The maximum Gasteiger partial charge on any atom is 0.159 e. The van der Waals surface area contributed by atoms with Crippen LogP contribution in [0.1, 0.15) is 22.3 Å². The second-order valence-corrected chi connectivity index (χ2v) is 4.60. The summed E-state index contributed by atoms with van der Waals surface area (Å²) in [5.41, 5.74) is 6.99. The van der Waals surface area contributed by atoms with Crippen molar-refractivity contribution in [3.63, 3.8) is 0 Å². The van der Waals surface area contributed by atoms with E-state index >= 15 is 0 Å². The third kappa shape index (κ3) is 2.07. The first-order valence-corrected chi connectivity index (χ1v) is 6.47. The van der Waals surface area contributed by atoms with E-state index in [0.717, 1.165) is 11.0 Å². The van der Waals surface area contributed by atoms with E-state index in [1.807, 2.05) is 0 Å². The van der Waals surface area contributed by atoms with E-state index in [9.17, 15) is 0 Å². The Bertz CT molecular complexity index is 518. The molecule has 0 amide bonds. The van der Waals surface area contributed by atoms with Gasteiger partial charge in [0, 0.05) is 0 Å². The minimum atomic E-state index is 0.398. The van der Waals surface area contributed by atoms with Crippen molar-refractivity contribution >= 4 is 20.3 Å². The lowest BCUT2D eigenvalue weighted by Crippen LogP contribution is -2.04. The van der Waals surface area contributed by atoms with Gasteiger partial charge in [0.15, 0.2) is 6.73 Å². The summed E-state index contributed by atoms with van der Waals surface area (Å²) in [5, 5.41) is 8.97. The van der Waals surface area contributed by atoms with Crippen LogP contribution in [0.15, 0.2) is 0 Å². The molecule has 1 aromatic carbocycles. The summed E-state index contributed by atoms with van der Waals surface area (Å²) in [6, 6.07) is 0. The fourth-order valence-electron chi connectivity index (χ4n) is 1.96. The van der Waals surface area contributed by atoms with Gasteiger partial charge in [-0.25, -0.2) is 0 Å². The largest absolute Gasteiger partial charge is 0.353 e. The van der Waals surface area contributed by atoms with Gasteiger partial charge in [-0.1, -0.05) is 0 Å². The van der Waals surface area contributed by atoms with Crippen LogP contribution in [0.25, 0.3) is 11.0 Å². The second kappa shape index (κ2) is 4.71. The lowest BCUT2D eigenvalue weighted by atomic mass is 9.98. The first kappa shape index (κ1) is 12.5. The van der Waals surface area contributed by atoms with E-state index in [2.05, 4.69) is 47.1 Å². The maximum atomic E-state index is 5.29. The molecular weight excluding hydrogens is 233 g/mol. The Morgan fingerprint density at radius 1 is 0.941 bits per heavy atom. The van der Waals surface area contributed by atoms with Crippen molar-refractivity contribution in [2.75, 3.05) is 6.35 Å². The summed E-state index contributed by atoms with van der Waals surface area (Å²) >= 11 is 0. The number of aromatic nitrogens is 3. The molecule has 1 unspecified atom stereocenters. The van der Waals surface area contributed by atoms with Crippen molar-refractivity contribution in [2.24, 2.45) is 0 Å². The van der Waals surface area contributed by atoms with E-state index in [1.165, 1.54) is 22.3 Å². The Morgan fingerprint density at radius 2 is 1.41 bits per heavy atom. The van der Waals surface area contributed by atoms with Crippen LogP contribution in [-0.2, 0) is 11.5 Å². The van der Waals surface area contributed by atoms with Gasteiger partial charge in [-0.3, -0.25) is 0 Å². The van der Waals surface area contributed by atoms with E-state index in [4.69, 9.17) is 4.74 Å². The SMILES string of the molecule is Cc1c(C)c(C)c2nn(COCP)nc2c1C. The summed E-state index contributed by atoms with van der Waals surface area (Å²) in [6.07, 6.45) is 0.591.